The van der Waals surface area contributed by atoms with Crippen molar-refractivity contribution in [2.45, 2.75) is 25.8 Å². The van der Waals surface area contributed by atoms with E-state index in [4.69, 9.17) is 0 Å². The van der Waals surface area contributed by atoms with Crippen molar-refractivity contribution in [2.24, 2.45) is 7.05 Å². The van der Waals surface area contributed by atoms with Gasteiger partial charge in [0.25, 0.3) is 0 Å². The molecule has 5 heteroatoms. The van der Waals surface area contributed by atoms with Gasteiger partial charge in [-0.15, -0.1) is 0 Å². The van der Waals surface area contributed by atoms with Crippen molar-refractivity contribution in [3.63, 3.8) is 0 Å². The van der Waals surface area contributed by atoms with E-state index in [2.05, 4.69) is 48.8 Å². The third-order valence-corrected chi connectivity index (χ3v) is 3.52. The van der Waals surface area contributed by atoms with Crippen LogP contribution in [-0.2, 0) is 13.5 Å². The van der Waals surface area contributed by atoms with Crippen molar-refractivity contribution in [2.75, 3.05) is 6.54 Å². The molecule has 0 aliphatic carbocycles. The van der Waals surface area contributed by atoms with Crippen LogP contribution in [0.1, 0.15) is 30.8 Å². The van der Waals surface area contributed by atoms with Crippen molar-refractivity contribution < 1.29 is 0 Å². The largest absolute Gasteiger partial charge is 0.336 e. The minimum atomic E-state index is 0.251. The van der Waals surface area contributed by atoms with Gasteiger partial charge in [-0.05, 0) is 41.0 Å². The van der Waals surface area contributed by atoms with Crippen LogP contribution in [0.2, 0.25) is 0 Å². The van der Waals surface area contributed by atoms with E-state index in [0.717, 1.165) is 29.6 Å². The lowest BCUT2D eigenvalue weighted by molar-refractivity contribution is 0.500. The number of aromatic nitrogens is 3. The molecule has 0 radical (unpaired) electrons. The van der Waals surface area contributed by atoms with Gasteiger partial charge in [0.2, 0.25) is 0 Å². The summed E-state index contributed by atoms with van der Waals surface area (Å²) in [6.07, 6.45) is 7.58. The molecule has 1 atom stereocenters. The van der Waals surface area contributed by atoms with E-state index in [9.17, 15) is 0 Å². The molecule has 0 aliphatic heterocycles. The molecular weight excluding hydrogens is 304 g/mol. The average molecular weight is 323 g/mol. The molecule has 1 unspecified atom stereocenters. The Bertz CT molecular complexity index is 506. The first kappa shape index (κ1) is 14.2. The lowest BCUT2D eigenvalue weighted by Crippen LogP contribution is -2.26. The number of halogens is 1. The molecule has 0 bridgehead atoms. The SMILES string of the molecule is CCCNC(Cc1ccc(Br)cn1)c1cncn1C. The number of rotatable bonds is 6. The molecule has 0 spiro atoms. The average Bonchev–Trinajstić information content (AvgIpc) is 2.83. The first-order chi connectivity index (χ1) is 9.20. The van der Waals surface area contributed by atoms with Crippen LogP contribution in [0.3, 0.4) is 0 Å². The van der Waals surface area contributed by atoms with Crippen molar-refractivity contribution in [1.82, 2.24) is 19.9 Å². The maximum absolute atomic E-state index is 4.45. The van der Waals surface area contributed by atoms with E-state index in [-0.39, 0.29) is 6.04 Å². The van der Waals surface area contributed by atoms with Crippen molar-refractivity contribution in [1.29, 1.82) is 0 Å². The number of hydrogen-bond acceptors (Lipinski definition) is 3. The molecule has 2 aromatic heterocycles. The highest BCUT2D eigenvalue weighted by molar-refractivity contribution is 9.10. The fourth-order valence-electron chi connectivity index (χ4n) is 2.04. The van der Waals surface area contributed by atoms with Crippen LogP contribution in [0.15, 0.2) is 35.3 Å². The summed E-state index contributed by atoms with van der Waals surface area (Å²) in [6.45, 7) is 3.16. The number of aryl methyl sites for hydroxylation is 1. The van der Waals surface area contributed by atoms with Gasteiger partial charge in [-0.25, -0.2) is 4.98 Å². The molecule has 102 valence electrons. The summed E-state index contributed by atoms with van der Waals surface area (Å²) in [4.78, 5) is 8.65. The standard InChI is InChI=1S/C14H19BrN4/c1-3-6-17-13(14-9-16-10-19(14)2)7-12-5-4-11(15)8-18-12/h4-5,8-10,13,17H,3,6-7H2,1-2H3. The van der Waals surface area contributed by atoms with Crippen LogP contribution < -0.4 is 5.32 Å². The zero-order chi connectivity index (χ0) is 13.7. The maximum atomic E-state index is 4.45. The van der Waals surface area contributed by atoms with Gasteiger partial charge >= 0.3 is 0 Å². The van der Waals surface area contributed by atoms with Gasteiger partial charge in [0, 0.05) is 36.0 Å². The topological polar surface area (TPSA) is 42.7 Å². The summed E-state index contributed by atoms with van der Waals surface area (Å²) in [6, 6.07) is 4.34. The van der Waals surface area contributed by atoms with Crippen LogP contribution in [0.5, 0.6) is 0 Å². The second-order valence-electron chi connectivity index (χ2n) is 4.61. The van der Waals surface area contributed by atoms with E-state index >= 15 is 0 Å². The Morgan fingerprint density at radius 1 is 1.37 bits per heavy atom. The molecule has 0 aliphatic rings. The number of nitrogens with zero attached hydrogens (tertiary/aromatic N) is 3. The second-order valence-corrected chi connectivity index (χ2v) is 5.52. The van der Waals surface area contributed by atoms with Crippen LogP contribution in [-0.4, -0.2) is 21.1 Å². The van der Waals surface area contributed by atoms with Gasteiger partial charge in [-0.2, -0.15) is 0 Å². The zero-order valence-corrected chi connectivity index (χ0v) is 12.9. The molecule has 0 amide bonds. The van der Waals surface area contributed by atoms with Crippen LogP contribution in [0, 0.1) is 0 Å². The van der Waals surface area contributed by atoms with Crippen molar-refractivity contribution in [3.05, 3.63) is 46.7 Å². The lowest BCUT2D eigenvalue weighted by atomic mass is 10.1. The van der Waals surface area contributed by atoms with Crippen LogP contribution in [0.25, 0.3) is 0 Å². The molecule has 0 fully saturated rings. The molecule has 2 heterocycles. The molecule has 19 heavy (non-hydrogen) atoms. The van der Waals surface area contributed by atoms with E-state index < -0.39 is 0 Å². The Labute approximate surface area is 122 Å². The molecule has 0 saturated heterocycles. The van der Waals surface area contributed by atoms with Gasteiger partial charge < -0.3 is 9.88 Å². The van der Waals surface area contributed by atoms with E-state index in [1.54, 1.807) is 0 Å². The second kappa shape index (κ2) is 6.82. The smallest absolute Gasteiger partial charge is 0.0946 e. The molecule has 4 nitrogen and oxygen atoms in total. The third kappa shape index (κ3) is 3.88. The van der Waals surface area contributed by atoms with Gasteiger partial charge in [-0.1, -0.05) is 6.92 Å². The fourth-order valence-corrected chi connectivity index (χ4v) is 2.27. The van der Waals surface area contributed by atoms with E-state index in [1.165, 1.54) is 5.69 Å². The number of pyridine rings is 1. The number of nitrogens with one attached hydrogen (secondary N) is 1. The Kier molecular flexibility index (Phi) is 5.10. The maximum Gasteiger partial charge on any atom is 0.0946 e. The summed E-state index contributed by atoms with van der Waals surface area (Å²) in [5.74, 6) is 0. The molecule has 2 rings (SSSR count). The highest BCUT2D eigenvalue weighted by Crippen LogP contribution is 2.18. The minimum absolute atomic E-state index is 0.251. The Hall–Kier alpha value is -1.20. The molecule has 2 aromatic rings. The monoisotopic (exact) mass is 322 g/mol. The van der Waals surface area contributed by atoms with Crippen molar-refractivity contribution >= 4 is 15.9 Å². The number of hydrogen-bond donors (Lipinski definition) is 1. The lowest BCUT2D eigenvalue weighted by Gasteiger charge is -2.18. The Morgan fingerprint density at radius 3 is 2.79 bits per heavy atom. The zero-order valence-electron chi connectivity index (χ0n) is 11.3. The molecule has 0 aromatic carbocycles. The summed E-state index contributed by atoms with van der Waals surface area (Å²) in [5.41, 5.74) is 2.27. The van der Waals surface area contributed by atoms with Gasteiger partial charge in [0.1, 0.15) is 0 Å². The summed E-state index contributed by atoms with van der Waals surface area (Å²) < 4.78 is 3.07. The Morgan fingerprint density at radius 2 is 2.21 bits per heavy atom. The minimum Gasteiger partial charge on any atom is -0.336 e. The quantitative estimate of drug-likeness (QED) is 0.889. The van der Waals surface area contributed by atoms with Crippen LogP contribution >= 0.6 is 15.9 Å². The first-order valence-electron chi connectivity index (χ1n) is 6.50. The predicted molar refractivity (Wildman–Crippen MR) is 79.9 cm³/mol. The molecular formula is C14H19BrN4. The van der Waals surface area contributed by atoms with Gasteiger partial charge in [-0.3, -0.25) is 4.98 Å². The molecule has 1 N–H and O–H groups in total. The number of imidazole rings is 1. The third-order valence-electron chi connectivity index (χ3n) is 3.05. The van der Waals surface area contributed by atoms with Gasteiger partial charge in [0.05, 0.1) is 18.1 Å². The fraction of sp³-hybridized carbons (Fsp3) is 0.429. The first-order valence-corrected chi connectivity index (χ1v) is 7.30. The summed E-state index contributed by atoms with van der Waals surface area (Å²) >= 11 is 3.41. The van der Waals surface area contributed by atoms with Crippen molar-refractivity contribution in [3.8, 4) is 0 Å². The Balaban J connectivity index is 2.14. The van der Waals surface area contributed by atoms with E-state index in [0.29, 0.717) is 0 Å². The molecule has 0 saturated carbocycles. The highest BCUT2D eigenvalue weighted by atomic mass is 79.9. The predicted octanol–water partition coefficient (Wildman–Crippen LogP) is 2.86. The van der Waals surface area contributed by atoms with Gasteiger partial charge in [0.15, 0.2) is 0 Å². The van der Waals surface area contributed by atoms with E-state index in [1.807, 2.05) is 31.8 Å². The normalized spacial score (nSPS) is 12.6. The highest BCUT2D eigenvalue weighted by Gasteiger charge is 2.15. The summed E-state index contributed by atoms with van der Waals surface area (Å²) in [7, 11) is 2.03. The van der Waals surface area contributed by atoms with Crippen LogP contribution in [0.4, 0.5) is 0 Å². The summed E-state index contributed by atoms with van der Waals surface area (Å²) in [5, 5.41) is 3.56.